The van der Waals surface area contributed by atoms with E-state index in [4.69, 9.17) is 19.4 Å². The number of hydrogen-bond donors (Lipinski definition) is 2. The van der Waals surface area contributed by atoms with Crippen LogP contribution >= 0.6 is 0 Å². The zero-order chi connectivity index (χ0) is 36.5. The van der Waals surface area contributed by atoms with E-state index in [-0.39, 0.29) is 42.8 Å². The molecule has 280 valence electrons. The maximum Gasteiger partial charge on any atom is 0.322 e. The molecule has 1 aliphatic carbocycles. The number of piperidine rings is 1. The molecule has 12 nitrogen and oxygen atoms in total. The zero-order valence-electron chi connectivity index (χ0n) is 30.0. The van der Waals surface area contributed by atoms with Gasteiger partial charge in [0.25, 0.3) is 5.91 Å². The molecule has 0 radical (unpaired) electrons. The smallest absolute Gasteiger partial charge is 0.322 e. The van der Waals surface area contributed by atoms with Crippen LogP contribution in [-0.4, -0.2) is 89.4 Å². The summed E-state index contributed by atoms with van der Waals surface area (Å²) in [6.07, 6.45) is 6.18. The van der Waals surface area contributed by atoms with Crippen molar-refractivity contribution in [2.45, 2.75) is 94.9 Å². The Kier molecular flexibility index (Phi) is 8.43. The Morgan fingerprint density at radius 1 is 1.06 bits per heavy atom. The van der Waals surface area contributed by atoms with Crippen LogP contribution in [0.3, 0.4) is 0 Å². The van der Waals surface area contributed by atoms with Crippen LogP contribution in [0, 0.1) is 11.7 Å². The van der Waals surface area contributed by atoms with Gasteiger partial charge in [0, 0.05) is 48.8 Å². The fourth-order valence-electron chi connectivity index (χ4n) is 9.58. The lowest BCUT2D eigenvalue weighted by atomic mass is 9.86. The molecule has 6 heterocycles. The fourth-order valence-corrected chi connectivity index (χ4v) is 9.58. The summed E-state index contributed by atoms with van der Waals surface area (Å²) >= 11 is 0. The lowest BCUT2D eigenvalue weighted by Crippen LogP contribution is -2.59. The van der Waals surface area contributed by atoms with Gasteiger partial charge in [-0.25, -0.2) is 13.6 Å². The third-order valence-electron chi connectivity index (χ3n) is 12.5. The summed E-state index contributed by atoms with van der Waals surface area (Å²) in [5, 5.41) is 6.83. The number of carbonyl (C=O) groups excluding carboxylic acids is 3. The first kappa shape index (κ1) is 34.2. The molecule has 3 amide bonds. The van der Waals surface area contributed by atoms with E-state index < -0.39 is 23.3 Å². The maximum atomic E-state index is 15.4. The van der Waals surface area contributed by atoms with Crippen LogP contribution in [0.2, 0.25) is 0 Å². The maximum absolute atomic E-state index is 15.4. The second kappa shape index (κ2) is 13.1. The summed E-state index contributed by atoms with van der Waals surface area (Å²) < 4.78 is 42.4. The molecule has 2 aromatic carbocycles. The molecular weight excluding hydrogens is 684 g/mol. The van der Waals surface area contributed by atoms with Crippen molar-refractivity contribution in [1.82, 2.24) is 25.5 Å². The van der Waals surface area contributed by atoms with Crippen molar-refractivity contribution < 1.29 is 32.6 Å². The molecule has 0 unspecified atom stereocenters. The fraction of sp³-hybridized carbons (Fsp3) is 0.564. The highest BCUT2D eigenvalue weighted by Crippen LogP contribution is 2.43. The van der Waals surface area contributed by atoms with E-state index in [1.54, 1.807) is 6.07 Å². The lowest BCUT2D eigenvalue weighted by molar-refractivity contribution is -0.141. The van der Waals surface area contributed by atoms with Crippen molar-refractivity contribution in [3.05, 3.63) is 46.9 Å². The van der Waals surface area contributed by atoms with Gasteiger partial charge in [0.2, 0.25) is 0 Å². The van der Waals surface area contributed by atoms with E-state index >= 15 is 4.39 Å². The van der Waals surface area contributed by atoms with E-state index in [0.717, 1.165) is 66.4 Å². The van der Waals surface area contributed by atoms with Crippen molar-refractivity contribution >= 4 is 40.2 Å². The third-order valence-corrected chi connectivity index (χ3v) is 12.5. The van der Waals surface area contributed by atoms with Gasteiger partial charge in [-0.2, -0.15) is 9.97 Å². The van der Waals surface area contributed by atoms with Crippen LogP contribution in [0.5, 0.6) is 11.8 Å². The SMILES string of the molecule is CCc1c(F)ccc2cc(OC(=O)C3CCC3)cc(N3CCc4c(nc(OC[C@@]56CCCN5C[C@H](F)C6)nc4N4CCC[C@]5(C4)NC(=O)NC5=O)C3)c12. The molecule has 14 heteroatoms. The van der Waals surface area contributed by atoms with Crippen molar-refractivity contribution in [2.24, 2.45) is 5.92 Å². The Morgan fingerprint density at radius 3 is 2.68 bits per heavy atom. The largest absolute Gasteiger partial charge is 0.461 e. The Labute approximate surface area is 306 Å². The van der Waals surface area contributed by atoms with Crippen LogP contribution in [0.15, 0.2) is 24.3 Å². The minimum atomic E-state index is -1.06. The molecule has 1 saturated carbocycles. The number of halogens is 2. The van der Waals surface area contributed by atoms with E-state index in [1.165, 1.54) is 6.07 Å². The van der Waals surface area contributed by atoms with Crippen LogP contribution < -0.4 is 29.9 Å². The van der Waals surface area contributed by atoms with Gasteiger partial charge >= 0.3 is 18.0 Å². The van der Waals surface area contributed by atoms with E-state index in [2.05, 4.69) is 20.4 Å². The molecule has 1 spiro atoms. The highest BCUT2D eigenvalue weighted by atomic mass is 19.1. The van der Waals surface area contributed by atoms with Gasteiger partial charge in [0.05, 0.1) is 30.2 Å². The predicted molar refractivity (Wildman–Crippen MR) is 192 cm³/mol. The molecule has 6 aliphatic rings. The number of ether oxygens (including phenoxy) is 2. The van der Waals surface area contributed by atoms with E-state index in [1.807, 2.05) is 24.0 Å². The summed E-state index contributed by atoms with van der Waals surface area (Å²) in [6, 6.07) is 6.55. The first-order chi connectivity index (χ1) is 25.6. The van der Waals surface area contributed by atoms with Gasteiger partial charge in [-0.1, -0.05) is 19.4 Å². The minimum Gasteiger partial charge on any atom is -0.461 e. The number of urea groups is 1. The summed E-state index contributed by atoms with van der Waals surface area (Å²) in [5.74, 6) is 0.108. The summed E-state index contributed by atoms with van der Waals surface area (Å²) in [6.45, 7) is 5.19. The van der Waals surface area contributed by atoms with Crippen molar-refractivity contribution in [3.63, 3.8) is 0 Å². The number of aromatic nitrogens is 2. The molecule has 3 aromatic rings. The van der Waals surface area contributed by atoms with Crippen LogP contribution in [0.1, 0.15) is 75.1 Å². The molecule has 2 N–H and O–H groups in total. The summed E-state index contributed by atoms with van der Waals surface area (Å²) in [5.41, 5.74) is 1.53. The predicted octanol–water partition coefficient (Wildman–Crippen LogP) is 4.73. The van der Waals surface area contributed by atoms with E-state index in [9.17, 15) is 18.8 Å². The number of fused-ring (bicyclic) bond motifs is 3. The zero-order valence-corrected chi connectivity index (χ0v) is 30.0. The van der Waals surface area contributed by atoms with Gasteiger partial charge in [0.1, 0.15) is 35.7 Å². The number of imide groups is 1. The highest BCUT2D eigenvalue weighted by Gasteiger charge is 2.51. The average molecular weight is 730 g/mol. The number of amides is 3. The van der Waals surface area contributed by atoms with Crippen molar-refractivity contribution in [2.75, 3.05) is 49.1 Å². The number of nitrogens with zero attached hydrogens (tertiary/aromatic N) is 5. The van der Waals surface area contributed by atoms with Crippen LogP contribution in [-0.2, 0) is 29.0 Å². The van der Waals surface area contributed by atoms with Crippen LogP contribution in [0.4, 0.5) is 25.1 Å². The van der Waals surface area contributed by atoms with Crippen molar-refractivity contribution in [1.29, 1.82) is 0 Å². The number of alkyl halides is 1. The minimum absolute atomic E-state index is 0.0996. The van der Waals surface area contributed by atoms with Gasteiger partial charge in [-0.3, -0.25) is 19.8 Å². The average Bonchev–Trinajstić information content (AvgIpc) is 3.73. The lowest BCUT2D eigenvalue weighted by Gasteiger charge is -2.40. The number of aryl methyl sites for hydroxylation is 1. The molecule has 1 aromatic heterocycles. The quantitative estimate of drug-likeness (QED) is 0.191. The standard InChI is InChI=1S/C39H45F2N7O5/c1-2-27-29(41)9-8-24-16-26(53-34(49)23-6-3-7-23)17-31(32(24)27)46-15-10-28-30(20-46)42-37(52-22-38-11-4-14-48(38)19-25(40)18-38)43-33(28)47-13-5-12-39(21-47)35(50)44-36(51)45-39/h8-9,16-17,23,25H,2-7,10-15,18-22H2,1H3,(H2,44,45,50,51)/t25-,38+,39-/m1/s1. The molecule has 0 bridgehead atoms. The second-order valence-electron chi connectivity index (χ2n) is 15.8. The van der Waals surface area contributed by atoms with Gasteiger partial charge < -0.3 is 24.6 Å². The van der Waals surface area contributed by atoms with Crippen molar-refractivity contribution in [3.8, 4) is 11.8 Å². The molecule has 9 rings (SSSR count). The highest BCUT2D eigenvalue weighted by molar-refractivity contribution is 6.07. The normalized spacial score (nSPS) is 27.1. The summed E-state index contributed by atoms with van der Waals surface area (Å²) in [4.78, 5) is 54.6. The summed E-state index contributed by atoms with van der Waals surface area (Å²) in [7, 11) is 0. The molecule has 53 heavy (non-hydrogen) atoms. The first-order valence-corrected chi connectivity index (χ1v) is 19.2. The first-order valence-electron chi connectivity index (χ1n) is 19.2. The molecular formula is C39H45F2N7O5. The molecule has 5 aliphatic heterocycles. The Balaban J connectivity index is 1.09. The van der Waals surface area contributed by atoms with Gasteiger partial charge in [-0.15, -0.1) is 0 Å². The Hall–Kier alpha value is -4.59. The number of anilines is 2. The number of esters is 1. The number of carbonyl (C=O) groups is 3. The number of benzene rings is 2. The molecule has 5 fully saturated rings. The molecule has 3 atom stereocenters. The van der Waals surface area contributed by atoms with Gasteiger partial charge in [0.15, 0.2) is 0 Å². The van der Waals surface area contributed by atoms with Gasteiger partial charge in [-0.05, 0) is 81.0 Å². The second-order valence-corrected chi connectivity index (χ2v) is 15.8. The number of nitrogens with one attached hydrogen (secondary N) is 2. The van der Waals surface area contributed by atoms with E-state index in [0.29, 0.717) is 75.4 Å². The topological polar surface area (TPSA) is 129 Å². The number of rotatable bonds is 8. The monoisotopic (exact) mass is 729 g/mol. The molecule has 4 saturated heterocycles. The Bertz CT molecular complexity index is 2010. The Morgan fingerprint density at radius 2 is 1.91 bits per heavy atom. The number of hydrogen-bond acceptors (Lipinski definition) is 10. The van der Waals surface area contributed by atoms with Crippen LogP contribution in [0.25, 0.3) is 10.8 Å². The third kappa shape index (κ3) is 5.93.